The molecule has 1 heteroatoms. The van der Waals surface area contributed by atoms with Crippen LogP contribution in [0.25, 0.3) is 10.9 Å². The van der Waals surface area contributed by atoms with Crippen molar-refractivity contribution in [2.45, 2.75) is 20.8 Å². The van der Waals surface area contributed by atoms with Gasteiger partial charge in [-0.2, -0.15) is 0 Å². The maximum atomic E-state index is 3.20. The molecule has 2 rings (SSSR count). The van der Waals surface area contributed by atoms with Crippen LogP contribution in [-0.2, 0) is 0 Å². The average Bonchev–Trinajstić information content (AvgIpc) is 2.48. The lowest BCUT2D eigenvalue weighted by Gasteiger charge is -2.05. The predicted molar refractivity (Wildman–Crippen MR) is 51.3 cm³/mol. The van der Waals surface area contributed by atoms with Crippen LogP contribution in [0.15, 0.2) is 12.3 Å². The summed E-state index contributed by atoms with van der Waals surface area (Å²) < 4.78 is 0. The highest BCUT2D eigenvalue weighted by molar-refractivity contribution is 5.83. The first-order valence-electron chi connectivity index (χ1n) is 4.15. The summed E-state index contributed by atoms with van der Waals surface area (Å²) in [7, 11) is 0. The van der Waals surface area contributed by atoms with Gasteiger partial charge in [0.05, 0.1) is 0 Å². The number of H-pyrrole nitrogens is 1. The van der Waals surface area contributed by atoms with Gasteiger partial charge < -0.3 is 4.98 Å². The molecule has 1 nitrogen and oxygen atoms in total. The van der Waals surface area contributed by atoms with Crippen molar-refractivity contribution in [3.05, 3.63) is 35.0 Å². The molecule has 2 aromatic rings. The van der Waals surface area contributed by atoms with Gasteiger partial charge in [-0.3, -0.25) is 0 Å². The van der Waals surface area contributed by atoms with Crippen LogP contribution in [-0.4, -0.2) is 4.98 Å². The van der Waals surface area contributed by atoms with E-state index >= 15 is 0 Å². The molecule has 0 saturated heterocycles. The largest absolute Gasteiger partial charge is 0.360 e. The number of aryl methyl sites for hydroxylation is 2. The second-order valence-electron chi connectivity index (χ2n) is 3.30. The summed E-state index contributed by atoms with van der Waals surface area (Å²) in [5.41, 5.74) is 5.28. The fourth-order valence-corrected chi connectivity index (χ4v) is 1.57. The minimum Gasteiger partial charge on any atom is -0.360 e. The van der Waals surface area contributed by atoms with Gasteiger partial charge in [-0.15, -0.1) is 0 Å². The fraction of sp³-hybridized carbons (Fsp3) is 0.273. The lowest BCUT2D eigenvalue weighted by molar-refractivity contribution is 1.28. The minimum absolute atomic E-state index is 1.19. The third-order valence-electron chi connectivity index (χ3n) is 2.60. The van der Waals surface area contributed by atoms with Gasteiger partial charge in [-0.1, -0.05) is 0 Å². The molecule has 61 valence electrons. The molecule has 0 amide bonds. The number of benzene rings is 1. The van der Waals surface area contributed by atoms with Crippen LogP contribution in [0.3, 0.4) is 0 Å². The maximum absolute atomic E-state index is 3.20. The Bertz CT molecular complexity index is 424. The van der Waals surface area contributed by atoms with E-state index in [4.69, 9.17) is 0 Å². The molecule has 0 aliphatic rings. The van der Waals surface area contributed by atoms with Gasteiger partial charge in [0.2, 0.25) is 0 Å². The molecule has 0 bridgehead atoms. The predicted octanol–water partition coefficient (Wildman–Crippen LogP) is 2.89. The van der Waals surface area contributed by atoms with Crippen LogP contribution in [0.2, 0.25) is 0 Å². The molecule has 0 aliphatic heterocycles. The molecule has 1 aromatic carbocycles. The van der Waals surface area contributed by atoms with E-state index in [9.17, 15) is 0 Å². The van der Waals surface area contributed by atoms with Crippen molar-refractivity contribution in [2.24, 2.45) is 0 Å². The van der Waals surface area contributed by atoms with Crippen LogP contribution >= 0.6 is 0 Å². The Morgan fingerprint density at radius 3 is 2.67 bits per heavy atom. The zero-order valence-corrected chi connectivity index (χ0v) is 7.65. The molecule has 1 aromatic heterocycles. The first kappa shape index (κ1) is 7.41. The first-order chi connectivity index (χ1) is 5.70. The summed E-state index contributed by atoms with van der Waals surface area (Å²) in [4.78, 5) is 3.20. The van der Waals surface area contributed by atoms with E-state index in [1.807, 2.05) is 6.20 Å². The zero-order valence-electron chi connectivity index (χ0n) is 7.65. The van der Waals surface area contributed by atoms with Crippen molar-refractivity contribution in [2.75, 3.05) is 0 Å². The summed E-state index contributed by atoms with van der Waals surface area (Å²) in [5.74, 6) is 0. The van der Waals surface area contributed by atoms with Crippen LogP contribution in [0.1, 0.15) is 16.7 Å². The maximum Gasteiger partial charge on any atom is 0.0492 e. The summed E-state index contributed by atoms with van der Waals surface area (Å²) in [6.45, 7) is 6.45. The standard InChI is InChI=1S/C11H12N/c1-7-6-10-4-5-12-11(10)9(3)8(7)2/h5-6,12H,1-3H3. The van der Waals surface area contributed by atoms with E-state index in [0.29, 0.717) is 0 Å². The van der Waals surface area contributed by atoms with Gasteiger partial charge in [-0.05, 0) is 43.5 Å². The van der Waals surface area contributed by atoms with E-state index < -0.39 is 0 Å². The van der Waals surface area contributed by atoms with E-state index in [-0.39, 0.29) is 0 Å². The number of aromatic nitrogens is 1. The van der Waals surface area contributed by atoms with E-state index in [1.165, 1.54) is 27.6 Å². The quantitative estimate of drug-likeness (QED) is 0.606. The molecule has 0 spiro atoms. The second kappa shape index (κ2) is 2.37. The molecule has 0 aliphatic carbocycles. The van der Waals surface area contributed by atoms with Crippen molar-refractivity contribution in [3.8, 4) is 0 Å². The highest BCUT2D eigenvalue weighted by Gasteiger charge is 2.03. The highest BCUT2D eigenvalue weighted by atomic mass is 14.7. The van der Waals surface area contributed by atoms with Crippen LogP contribution in [0.4, 0.5) is 0 Å². The van der Waals surface area contributed by atoms with Gasteiger partial charge in [0, 0.05) is 23.2 Å². The summed E-state index contributed by atoms with van der Waals surface area (Å²) in [5, 5.41) is 1.19. The van der Waals surface area contributed by atoms with Gasteiger partial charge >= 0.3 is 0 Å². The van der Waals surface area contributed by atoms with E-state index in [2.05, 4.69) is 37.9 Å². The second-order valence-corrected chi connectivity index (χ2v) is 3.30. The van der Waals surface area contributed by atoms with Gasteiger partial charge in [0.15, 0.2) is 0 Å². The fourth-order valence-electron chi connectivity index (χ4n) is 1.57. The van der Waals surface area contributed by atoms with Crippen molar-refractivity contribution in [3.63, 3.8) is 0 Å². The van der Waals surface area contributed by atoms with Gasteiger partial charge in [0.25, 0.3) is 0 Å². The highest BCUT2D eigenvalue weighted by Crippen LogP contribution is 2.22. The average molecular weight is 158 g/mol. The molecule has 12 heavy (non-hydrogen) atoms. The molecular formula is C11H12N. The molecule has 1 radical (unpaired) electrons. The summed E-state index contributed by atoms with van der Waals surface area (Å²) in [6, 6.07) is 5.35. The molecule has 0 atom stereocenters. The third-order valence-corrected chi connectivity index (χ3v) is 2.60. The Morgan fingerprint density at radius 1 is 1.17 bits per heavy atom. The summed E-state index contributed by atoms with van der Waals surface area (Å²) >= 11 is 0. The topological polar surface area (TPSA) is 15.8 Å². The zero-order chi connectivity index (χ0) is 8.72. The smallest absolute Gasteiger partial charge is 0.0492 e. The number of rotatable bonds is 0. The molecule has 0 unspecified atom stereocenters. The number of hydrogen-bond acceptors (Lipinski definition) is 0. The van der Waals surface area contributed by atoms with Crippen LogP contribution in [0, 0.1) is 26.8 Å². The Morgan fingerprint density at radius 2 is 1.92 bits per heavy atom. The molecule has 0 saturated carbocycles. The number of fused-ring (bicyclic) bond motifs is 1. The Balaban J connectivity index is 2.94. The lowest BCUT2D eigenvalue weighted by atomic mass is 10.0. The Kier molecular flexibility index (Phi) is 1.47. The molecule has 0 fully saturated rings. The van der Waals surface area contributed by atoms with Gasteiger partial charge in [-0.25, -0.2) is 0 Å². The minimum atomic E-state index is 1.19. The van der Waals surface area contributed by atoms with E-state index in [0.717, 1.165) is 0 Å². The van der Waals surface area contributed by atoms with Gasteiger partial charge in [0.1, 0.15) is 0 Å². The van der Waals surface area contributed by atoms with Crippen molar-refractivity contribution >= 4 is 10.9 Å². The Labute approximate surface area is 72.4 Å². The summed E-state index contributed by atoms with van der Waals surface area (Å²) in [6.07, 6.45) is 1.87. The number of nitrogens with one attached hydrogen (secondary N) is 1. The molecular weight excluding hydrogens is 146 g/mol. The monoisotopic (exact) mass is 158 g/mol. The number of hydrogen-bond donors (Lipinski definition) is 1. The molecule has 1 N–H and O–H groups in total. The normalized spacial score (nSPS) is 10.9. The SMILES string of the molecule is Cc1cc2[c]c[nH]c2c(C)c1C. The van der Waals surface area contributed by atoms with Crippen LogP contribution in [0.5, 0.6) is 0 Å². The van der Waals surface area contributed by atoms with Crippen molar-refractivity contribution in [1.82, 2.24) is 4.98 Å². The van der Waals surface area contributed by atoms with Crippen molar-refractivity contribution in [1.29, 1.82) is 0 Å². The third kappa shape index (κ3) is 0.860. The lowest BCUT2D eigenvalue weighted by Crippen LogP contribution is -1.87. The number of aromatic amines is 1. The van der Waals surface area contributed by atoms with Crippen LogP contribution < -0.4 is 0 Å². The molecule has 1 heterocycles. The van der Waals surface area contributed by atoms with E-state index in [1.54, 1.807) is 0 Å². The first-order valence-corrected chi connectivity index (χ1v) is 4.15. The Hall–Kier alpha value is -1.24. The van der Waals surface area contributed by atoms with Crippen molar-refractivity contribution < 1.29 is 0 Å².